The molecule has 18 atom stereocenters. The first-order valence-electron chi connectivity index (χ1n) is 18.4. The van der Waals surface area contributed by atoms with Crippen LogP contribution < -0.4 is 5.73 Å². The van der Waals surface area contributed by atoms with Crippen LogP contribution in [0.15, 0.2) is 0 Å². The van der Waals surface area contributed by atoms with Crippen molar-refractivity contribution in [3.8, 4) is 0 Å². The van der Waals surface area contributed by atoms with Crippen molar-refractivity contribution in [2.45, 2.75) is 179 Å². The Bertz CT molecular complexity index is 1160. The second-order valence-corrected chi connectivity index (χ2v) is 16.0. The van der Waals surface area contributed by atoms with E-state index in [9.17, 15) is 24.9 Å². The maximum absolute atomic E-state index is 14.2. The minimum absolute atomic E-state index is 0.135. The standard InChI is InChI=1S/C37H67NO13/c1-14-25-37(10,43)30(40)20(4)27(39)18(2)16-36(9,46-13)32(51-34-29(44-11)24(38)15-19(3)47-34)21(5)28(22(6)33(42)49-25)50-26-17-35(8,45-12)31(41)23(7)48-26/h18-26,28-32,34,40-41,43H,14-17,38H2,1-13H3/t18-,19-,20+,21+,22-,23+,24+,25-,26+,28+,29-,30-,31+,32-,34+,35-,36+,37-/m1/s1. The summed E-state index contributed by atoms with van der Waals surface area (Å²) < 4.78 is 49.8. The number of carbonyl (C=O) groups is 2. The third kappa shape index (κ3) is 9.33. The molecule has 0 spiro atoms. The molecule has 3 rings (SSSR count). The van der Waals surface area contributed by atoms with E-state index < -0.39 is 108 Å². The van der Waals surface area contributed by atoms with Gasteiger partial charge in [-0.05, 0) is 60.8 Å². The second-order valence-electron chi connectivity index (χ2n) is 16.0. The van der Waals surface area contributed by atoms with Crippen molar-refractivity contribution in [3.63, 3.8) is 0 Å². The van der Waals surface area contributed by atoms with Crippen LogP contribution in [0.4, 0.5) is 0 Å². The van der Waals surface area contributed by atoms with Crippen LogP contribution in [0.2, 0.25) is 0 Å². The van der Waals surface area contributed by atoms with Gasteiger partial charge >= 0.3 is 5.97 Å². The second kappa shape index (κ2) is 17.4. The molecule has 5 N–H and O–H groups in total. The molecule has 0 saturated carbocycles. The number of methoxy groups -OCH3 is 3. The number of nitrogens with two attached hydrogens (primary N) is 1. The van der Waals surface area contributed by atoms with E-state index in [-0.39, 0.29) is 31.1 Å². The van der Waals surface area contributed by atoms with Gasteiger partial charge in [0.15, 0.2) is 12.6 Å². The van der Waals surface area contributed by atoms with E-state index in [4.69, 9.17) is 43.6 Å². The Labute approximate surface area is 304 Å². The van der Waals surface area contributed by atoms with E-state index in [0.29, 0.717) is 6.42 Å². The first-order chi connectivity index (χ1) is 23.6. The Morgan fingerprint density at radius 1 is 0.843 bits per heavy atom. The fourth-order valence-corrected chi connectivity index (χ4v) is 8.41. The third-order valence-corrected chi connectivity index (χ3v) is 11.9. The van der Waals surface area contributed by atoms with Crippen molar-refractivity contribution >= 4 is 11.8 Å². The number of aliphatic hydroxyl groups excluding tert-OH is 2. The summed E-state index contributed by atoms with van der Waals surface area (Å²) in [6.07, 6.45) is -7.99. The Kier molecular flexibility index (Phi) is 15.1. The van der Waals surface area contributed by atoms with E-state index in [2.05, 4.69) is 0 Å². The van der Waals surface area contributed by atoms with E-state index in [1.54, 1.807) is 41.5 Å². The summed E-state index contributed by atoms with van der Waals surface area (Å²) >= 11 is 0. The Morgan fingerprint density at radius 3 is 2.00 bits per heavy atom. The van der Waals surface area contributed by atoms with Gasteiger partial charge < -0.3 is 58.9 Å². The molecular weight excluding hydrogens is 666 g/mol. The van der Waals surface area contributed by atoms with Crippen LogP contribution in [-0.2, 0) is 47.5 Å². The molecular formula is C37H67NO13. The minimum Gasteiger partial charge on any atom is -0.459 e. The molecule has 0 aromatic rings. The molecule has 3 heterocycles. The van der Waals surface area contributed by atoms with Gasteiger partial charge in [0.05, 0.1) is 47.6 Å². The summed E-state index contributed by atoms with van der Waals surface area (Å²) in [6.45, 7) is 17.1. The van der Waals surface area contributed by atoms with Gasteiger partial charge in [-0.1, -0.05) is 27.7 Å². The van der Waals surface area contributed by atoms with Crippen LogP contribution in [0.25, 0.3) is 0 Å². The van der Waals surface area contributed by atoms with Crippen LogP contribution in [0.5, 0.6) is 0 Å². The molecule has 3 aliphatic rings. The smallest absolute Gasteiger partial charge is 0.311 e. The van der Waals surface area contributed by atoms with E-state index in [1.165, 1.54) is 28.3 Å². The Hall–Kier alpha value is -1.30. The van der Waals surface area contributed by atoms with Crippen molar-refractivity contribution in [1.29, 1.82) is 0 Å². The predicted molar refractivity (Wildman–Crippen MR) is 186 cm³/mol. The number of aliphatic hydroxyl groups is 3. The summed E-state index contributed by atoms with van der Waals surface area (Å²) in [4.78, 5) is 28.1. The monoisotopic (exact) mass is 733 g/mol. The zero-order valence-corrected chi connectivity index (χ0v) is 33.0. The number of ether oxygens (including phenoxy) is 8. The summed E-state index contributed by atoms with van der Waals surface area (Å²) in [7, 11) is 4.56. The number of cyclic esters (lactones) is 1. The minimum atomic E-state index is -1.96. The van der Waals surface area contributed by atoms with Gasteiger partial charge in [0, 0.05) is 51.5 Å². The Balaban J connectivity index is 2.22. The summed E-state index contributed by atoms with van der Waals surface area (Å²) in [5.74, 6) is -4.36. The highest BCUT2D eigenvalue weighted by molar-refractivity contribution is 5.83. The molecule has 51 heavy (non-hydrogen) atoms. The van der Waals surface area contributed by atoms with Crippen LogP contribution in [-0.4, -0.2) is 133 Å². The average Bonchev–Trinajstić information content (AvgIpc) is 3.08. The molecule has 298 valence electrons. The van der Waals surface area contributed by atoms with Crippen molar-refractivity contribution in [2.24, 2.45) is 29.4 Å². The molecule has 0 unspecified atom stereocenters. The molecule has 3 saturated heterocycles. The molecule has 0 radical (unpaired) electrons. The number of rotatable bonds is 8. The Morgan fingerprint density at radius 2 is 1.45 bits per heavy atom. The summed E-state index contributed by atoms with van der Waals surface area (Å²) in [5, 5.41) is 33.9. The number of ketones is 1. The largest absolute Gasteiger partial charge is 0.459 e. The number of esters is 1. The number of hydrogen-bond donors (Lipinski definition) is 4. The quantitative estimate of drug-likeness (QED) is 0.266. The maximum Gasteiger partial charge on any atom is 0.311 e. The first kappa shape index (κ1) is 44.1. The lowest BCUT2D eigenvalue weighted by atomic mass is 9.74. The third-order valence-electron chi connectivity index (χ3n) is 11.9. The topological polar surface area (TPSA) is 195 Å². The van der Waals surface area contributed by atoms with Crippen LogP contribution in [0, 0.1) is 23.7 Å². The molecule has 0 bridgehead atoms. The average molecular weight is 734 g/mol. The fourth-order valence-electron chi connectivity index (χ4n) is 8.41. The number of hydrogen-bond acceptors (Lipinski definition) is 14. The number of Topliss-reactive ketones (excluding diaryl/α,β-unsaturated/α-hetero) is 1. The van der Waals surface area contributed by atoms with Gasteiger partial charge in [0.2, 0.25) is 0 Å². The van der Waals surface area contributed by atoms with E-state index in [1.807, 2.05) is 20.8 Å². The van der Waals surface area contributed by atoms with Gasteiger partial charge in [-0.15, -0.1) is 0 Å². The van der Waals surface area contributed by atoms with Crippen molar-refractivity contribution in [1.82, 2.24) is 0 Å². The molecule has 0 amide bonds. The number of carbonyl (C=O) groups excluding carboxylic acids is 2. The van der Waals surface area contributed by atoms with Crippen molar-refractivity contribution in [2.75, 3.05) is 21.3 Å². The van der Waals surface area contributed by atoms with Crippen LogP contribution in [0.3, 0.4) is 0 Å². The van der Waals surface area contributed by atoms with Crippen LogP contribution in [0.1, 0.15) is 94.9 Å². The predicted octanol–water partition coefficient (Wildman–Crippen LogP) is 2.49. The zero-order valence-electron chi connectivity index (χ0n) is 33.0. The van der Waals surface area contributed by atoms with E-state index in [0.717, 1.165) is 0 Å². The lowest BCUT2D eigenvalue weighted by Gasteiger charge is -2.49. The SMILES string of the molecule is CC[C@H]1OC(=O)[C@H](C)[C@@H](O[C@H]2C[C@@](C)(OC)[C@@H](O)[C@H](C)O2)[C@H](C)[C@@H](O[C@@H]2O[C@H](C)C[C@H](N)[C@H]2OC)[C@@](C)(OC)C[C@@H](C)C(=O)[C@H](C)[C@@H](O)[C@]1(C)O. The van der Waals surface area contributed by atoms with Gasteiger partial charge in [0.1, 0.15) is 29.7 Å². The zero-order chi connectivity index (χ0) is 38.8. The summed E-state index contributed by atoms with van der Waals surface area (Å²) in [6, 6.07) is -0.399. The molecule has 3 aliphatic heterocycles. The molecule has 0 aromatic carbocycles. The van der Waals surface area contributed by atoms with Gasteiger partial charge in [-0.2, -0.15) is 0 Å². The van der Waals surface area contributed by atoms with E-state index >= 15 is 0 Å². The highest BCUT2D eigenvalue weighted by Crippen LogP contribution is 2.41. The van der Waals surface area contributed by atoms with Gasteiger partial charge in [-0.25, -0.2) is 0 Å². The molecule has 14 heteroatoms. The highest BCUT2D eigenvalue weighted by Gasteiger charge is 2.54. The van der Waals surface area contributed by atoms with Gasteiger partial charge in [0.25, 0.3) is 0 Å². The van der Waals surface area contributed by atoms with Crippen LogP contribution >= 0.6 is 0 Å². The normalized spacial score (nSPS) is 49.6. The van der Waals surface area contributed by atoms with Crippen molar-refractivity contribution in [3.05, 3.63) is 0 Å². The molecule has 0 aliphatic carbocycles. The molecule has 0 aromatic heterocycles. The molecule has 3 fully saturated rings. The molecule has 14 nitrogen and oxygen atoms in total. The summed E-state index contributed by atoms with van der Waals surface area (Å²) in [5.41, 5.74) is 2.32. The first-order valence-corrected chi connectivity index (χ1v) is 18.4. The lowest BCUT2D eigenvalue weighted by molar-refractivity contribution is -0.318. The maximum atomic E-state index is 14.2. The fraction of sp³-hybridized carbons (Fsp3) is 0.946. The lowest BCUT2D eigenvalue weighted by Crippen LogP contribution is -2.61. The van der Waals surface area contributed by atoms with Crippen molar-refractivity contribution < 1.29 is 62.8 Å². The van der Waals surface area contributed by atoms with Gasteiger partial charge in [-0.3, -0.25) is 9.59 Å². The highest BCUT2D eigenvalue weighted by atomic mass is 16.7.